The van der Waals surface area contributed by atoms with E-state index in [1.807, 2.05) is 0 Å². The summed E-state index contributed by atoms with van der Waals surface area (Å²) < 4.78 is 5.55. The third-order valence-electron chi connectivity index (χ3n) is 2.41. The van der Waals surface area contributed by atoms with E-state index < -0.39 is 0 Å². The van der Waals surface area contributed by atoms with Crippen LogP contribution in [-0.4, -0.2) is 16.7 Å². The summed E-state index contributed by atoms with van der Waals surface area (Å²) >= 11 is 0. The van der Waals surface area contributed by atoms with Gasteiger partial charge in [0.1, 0.15) is 0 Å². The molecular weight excluding hydrogens is 178 g/mol. The summed E-state index contributed by atoms with van der Waals surface area (Å²) in [5.41, 5.74) is 5.41. The quantitative estimate of drug-likeness (QED) is 0.756. The lowest BCUT2D eigenvalue weighted by atomic mass is 10.0. The van der Waals surface area contributed by atoms with Crippen molar-refractivity contribution >= 4 is 0 Å². The molecule has 1 rings (SSSR count). The van der Waals surface area contributed by atoms with E-state index in [-0.39, 0.29) is 0 Å². The van der Waals surface area contributed by atoms with Crippen molar-refractivity contribution in [3.8, 4) is 0 Å². The van der Waals surface area contributed by atoms with Gasteiger partial charge in [-0.05, 0) is 25.8 Å². The molecule has 0 atom stereocenters. The van der Waals surface area contributed by atoms with Crippen LogP contribution in [0.1, 0.15) is 50.8 Å². The Labute approximate surface area is 84.9 Å². The average Bonchev–Trinajstić information content (AvgIpc) is 2.65. The Morgan fingerprint density at radius 3 is 2.57 bits per heavy atom. The van der Waals surface area contributed by atoms with E-state index in [9.17, 15) is 0 Å². The smallest absolute Gasteiger partial charge is 0.219 e. The van der Waals surface area contributed by atoms with Gasteiger partial charge >= 0.3 is 0 Å². The first kappa shape index (κ1) is 11.2. The van der Waals surface area contributed by atoms with Gasteiger partial charge in [-0.1, -0.05) is 13.8 Å². The Kier molecular flexibility index (Phi) is 4.59. The minimum atomic E-state index is 0.411. The van der Waals surface area contributed by atoms with Gasteiger partial charge in [-0.3, -0.25) is 0 Å². The van der Waals surface area contributed by atoms with Crippen LogP contribution in [0.4, 0.5) is 0 Å². The third kappa shape index (κ3) is 2.80. The van der Waals surface area contributed by atoms with Crippen molar-refractivity contribution in [1.29, 1.82) is 0 Å². The Balaban J connectivity index is 2.57. The van der Waals surface area contributed by atoms with Gasteiger partial charge in [0.2, 0.25) is 11.8 Å². The summed E-state index contributed by atoms with van der Waals surface area (Å²) in [6.45, 7) is 4.94. The maximum Gasteiger partial charge on any atom is 0.219 e. The lowest BCUT2D eigenvalue weighted by molar-refractivity contribution is 0.401. The van der Waals surface area contributed by atoms with Crippen molar-refractivity contribution in [2.45, 2.75) is 45.4 Å². The van der Waals surface area contributed by atoms with Crippen LogP contribution in [0.15, 0.2) is 4.42 Å². The van der Waals surface area contributed by atoms with Gasteiger partial charge in [-0.2, -0.15) is 0 Å². The van der Waals surface area contributed by atoms with Gasteiger partial charge in [-0.15, -0.1) is 10.2 Å². The average molecular weight is 197 g/mol. The highest BCUT2D eigenvalue weighted by molar-refractivity contribution is 4.90. The molecule has 0 bridgehead atoms. The Hall–Kier alpha value is -0.900. The van der Waals surface area contributed by atoms with Crippen LogP contribution in [0.2, 0.25) is 0 Å². The minimum Gasteiger partial charge on any atom is -0.425 e. The number of rotatable bonds is 6. The standard InChI is InChI=1S/C10H19N3O/c1-3-8(4-2)10-13-12-9(14-10)6-5-7-11/h8H,3-7,11H2,1-2H3. The summed E-state index contributed by atoms with van der Waals surface area (Å²) in [5.74, 6) is 1.91. The summed E-state index contributed by atoms with van der Waals surface area (Å²) in [6.07, 6.45) is 3.80. The lowest BCUT2D eigenvalue weighted by Gasteiger charge is -2.04. The molecule has 1 aromatic heterocycles. The van der Waals surface area contributed by atoms with Crippen LogP contribution in [0, 0.1) is 0 Å². The first-order valence-electron chi connectivity index (χ1n) is 5.34. The topological polar surface area (TPSA) is 64.9 Å². The third-order valence-corrected chi connectivity index (χ3v) is 2.41. The number of hydrogen-bond acceptors (Lipinski definition) is 4. The number of nitrogens with zero attached hydrogens (tertiary/aromatic N) is 2. The largest absolute Gasteiger partial charge is 0.425 e. The molecular formula is C10H19N3O. The van der Waals surface area contributed by atoms with Crippen molar-refractivity contribution in [3.63, 3.8) is 0 Å². The highest BCUT2D eigenvalue weighted by atomic mass is 16.4. The van der Waals surface area contributed by atoms with E-state index >= 15 is 0 Å². The zero-order valence-electron chi connectivity index (χ0n) is 8.99. The van der Waals surface area contributed by atoms with E-state index in [0.29, 0.717) is 12.5 Å². The molecule has 0 radical (unpaired) electrons. The lowest BCUT2D eigenvalue weighted by Crippen LogP contribution is -2.00. The predicted molar refractivity (Wildman–Crippen MR) is 55.0 cm³/mol. The van der Waals surface area contributed by atoms with E-state index in [1.165, 1.54) is 0 Å². The fourth-order valence-corrected chi connectivity index (χ4v) is 1.42. The van der Waals surface area contributed by atoms with Crippen molar-refractivity contribution in [2.75, 3.05) is 6.54 Å². The molecule has 4 heteroatoms. The van der Waals surface area contributed by atoms with Crippen LogP contribution in [0.5, 0.6) is 0 Å². The van der Waals surface area contributed by atoms with E-state index in [1.54, 1.807) is 0 Å². The molecule has 0 saturated heterocycles. The minimum absolute atomic E-state index is 0.411. The Morgan fingerprint density at radius 2 is 2.00 bits per heavy atom. The Bertz CT molecular complexity index is 256. The normalized spacial score (nSPS) is 11.1. The van der Waals surface area contributed by atoms with Gasteiger partial charge < -0.3 is 10.2 Å². The first-order chi connectivity index (χ1) is 6.81. The summed E-state index contributed by atoms with van der Waals surface area (Å²) in [4.78, 5) is 0. The van der Waals surface area contributed by atoms with E-state index in [4.69, 9.17) is 10.2 Å². The molecule has 0 aliphatic rings. The van der Waals surface area contributed by atoms with Crippen molar-refractivity contribution in [2.24, 2.45) is 5.73 Å². The molecule has 2 N–H and O–H groups in total. The second-order valence-corrected chi connectivity index (χ2v) is 3.44. The first-order valence-corrected chi connectivity index (χ1v) is 5.34. The van der Waals surface area contributed by atoms with Crippen LogP contribution < -0.4 is 5.73 Å². The van der Waals surface area contributed by atoms with Gasteiger partial charge in [-0.25, -0.2) is 0 Å². The zero-order chi connectivity index (χ0) is 10.4. The molecule has 0 unspecified atom stereocenters. The van der Waals surface area contributed by atoms with Crippen molar-refractivity contribution in [1.82, 2.24) is 10.2 Å². The van der Waals surface area contributed by atoms with Crippen molar-refractivity contribution < 1.29 is 4.42 Å². The second-order valence-electron chi connectivity index (χ2n) is 3.44. The molecule has 0 aliphatic carbocycles. The predicted octanol–water partition coefficient (Wildman–Crippen LogP) is 1.86. The summed E-state index contributed by atoms with van der Waals surface area (Å²) in [7, 11) is 0. The highest BCUT2D eigenvalue weighted by Crippen LogP contribution is 2.21. The molecule has 0 aromatic carbocycles. The molecule has 4 nitrogen and oxygen atoms in total. The molecule has 80 valence electrons. The maximum atomic E-state index is 5.55. The number of aryl methyl sites for hydroxylation is 1. The summed E-state index contributed by atoms with van der Waals surface area (Å²) in [5, 5.41) is 8.05. The fraction of sp³-hybridized carbons (Fsp3) is 0.800. The van der Waals surface area contributed by atoms with Crippen LogP contribution in [0.25, 0.3) is 0 Å². The summed E-state index contributed by atoms with van der Waals surface area (Å²) in [6, 6.07) is 0. The van der Waals surface area contributed by atoms with Gasteiger partial charge in [0.25, 0.3) is 0 Å². The zero-order valence-corrected chi connectivity index (χ0v) is 8.99. The van der Waals surface area contributed by atoms with Gasteiger partial charge in [0.05, 0.1) is 0 Å². The number of aromatic nitrogens is 2. The second kappa shape index (κ2) is 5.75. The molecule has 0 saturated carbocycles. The fourth-order valence-electron chi connectivity index (χ4n) is 1.42. The van der Waals surface area contributed by atoms with Crippen LogP contribution >= 0.6 is 0 Å². The molecule has 0 spiro atoms. The number of nitrogens with two attached hydrogens (primary N) is 1. The molecule has 1 aromatic rings. The molecule has 14 heavy (non-hydrogen) atoms. The SMILES string of the molecule is CCC(CC)c1nnc(CCCN)o1. The van der Waals surface area contributed by atoms with Gasteiger partial charge in [0, 0.05) is 12.3 Å². The molecule has 0 aliphatic heterocycles. The van der Waals surface area contributed by atoms with Gasteiger partial charge in [0.15, 0.2) is 0 Å². The van der Waals surface area contributed by atoms with Crippen molar-refractivity contribution in [3.05, 3.63) is 11.8 Å². The highest BCUT2D eigenvalue weighted by Gasteiger charge is 2.14. The van der Waals surface area contributed by atoms with E-state index in [2.05, 4.69) is 24.0 Å². The Morgan fingerprint density at radius 1 is 1.29 bits per heavy atom. The van der Waals surface area contributed by atoms with Crippen LogP contribution in [0.3, 0.4) is 0 Å². The monoisotopic (exact) mass is 197 g/mol. The van der Waals surface area contributed by atoms with E-state index in [0.717, 1.165) is 37.5 Å². The van der Waals surface area contributed by atoms with Crippen LogP contribution in [-0.2, 0) is 6.42 Å². The molecule has 1 heterocycles. The molecule has 0 amide bonds. The number of hydrogen-bond donors (Lipinski definition) is 1. The molecule has 0 fully saturated rings. The maximum absolute atomic E-state index is 5.55.